The molecule has 0 aliphatic carbocycles. The minimum atomic E-state index is -0.528. The molecule has 66 valence electrons. The molecule has 0 rings (SSSR count). The number of hydrogen-bond donors (Lipinski definition) is 4. The summed E-state index contributed by atoms with van der Waals surface area (Å²) in [6, 6.07) is -1.00. The summed E-state index contributed by atoms with van der Waals surface area (Å²) >= 11 is 0. The van der Waals surface area contributed by atoms with Gasteiger partial charge in [0.15, 0.2) is 0 Å². The zero-order valence-corrected chi connectivity index (χ0v) is 6.45. The van der Waals surface area contributed by atoms with E-state index in [1.54, 1.807) is 6.92 Å². The quantitative estimate of drug-likeness (QED) is 0.369. The highest BCUT2D eigenvalue weighted by atomic mass is 16.3. The molecule has 1 unspecified atom stereocenters. The van der Waals surface area contributed by atoms with Gasteiger partial charge in [0.2, 0.25) is 5.91 Å². The van der Waals surface area contributed by atoms with Crippen LogP contribution < -0.4 is 11.1 Å². The van der Waals surface area contributed by atoms with Crippen LogP contribution in [-0.2, 0) is 4.79 Å². The minimum Gasteiger partial charge on any atom is -0.395 e. The van der Waals surface area contributed by atoms with E-state index >= 15 is 0 Å². The van der Waals surface area contributed by atoms with E-state index < -0.39 is 18.0 Å². The molecule has 0 aromatic heterocycles. The lowest BCUT2D eigenvalue weighted by Gasteiger charge is -2.16. The largest absolute Gasteiger partial charge is 0.395 e. The highest BCUT2D eigenvalue weighted by Gasteiger charge is 2.13. The number of aliphatic hydroxyl groups excluding tert-OH is 2. The van der Waals surface area contributed by atoms with E-state index in [-0.39, 0.29) is 13.2 Å². The SMILES string of the molecule is CC(NC(CO)CO)C(N)=O. The molecule has 0 aliphatic rings. The summed E-state index contributed by atoms with van der Waals surface area (Å²) in [5, 5.41) is 19.8. The zero-order valence-electron chi connectivity index (χ0n) is 6.45. The number of primary amides is 1. The summed E-state index contributed by atoms with van der Waals surface area (Å²) < 4.78 is 0. The molecule has 0 heterocycles. The summed E-state index contributed by atoms with van der Waals surface area (Å²) in [5.41, 5.74) is 4.93. The lowest BCUT2D eigenvalue weighted by atomic mass is 10.2. The van der Waals surface area contributed by atoms with Crippen molar-refractivity contribution < 1.29 is 15.0 Å². The van der Waals surface area contributed by atoms with Gasteiger partial charge in [0.05, 0.1) is 25.3 Å². The van der Waals surface area contributed by atoms with Crippen LogP contribution in [-0.4, -0.2) is 41.4 Å². The Bertz CT molecular complexity index is 125. The predicted molar refractivity (Wildman–Crippen MR) is 39.8 cm³/mol. The van der Waals surface area contributed by atoms with Crippen molar-refractivity contribution in [3.05, 3.63) is 0 Å². The number of nitrogens with two attached hydrogens (primary N) is 1. The van der Waals surface area contributed by atoms with Gasteiger partial charge in [-0.1, -0.05) is 0 Å². The molecule has 1 amide bonds. The lowest BCUT2D eigenvalue weighted by Crippen LogP contribution is -2.47. The Balaban J connectivity index is 3.71. The van der Waals surface area contributed by atoms with Gasteiger partial charge in [0.25, 0.3) is 0 Å². The molecule has 0 aromatic carbocycles. The maximum Gasteiger partial charge on any atom is 0.234 e. The molecule has 0 aliphatic heterocycles. The van der Waals surface area contributed by atoms with Gasteiger partial charge in [-0.15, -0.1) is 0 Å². The fourth-order valence-electron chi connectivity index (χ4n) is 0.599. The first-order valence-corrected chi connectivity index (χ1v) is 3.39. The van der Waals surface area contributed by atoms with E-state index in [0.29, 0.717) is 0 Å². The van der Waals surface area contributed by atoms with Gasteiger partial charge in [-0.3, -0.25) is 10.1 Å². The first kappa shape index (κ1) is 10.3. The Hall–Kier alpha value is -0.650. The second-order valence-corrected chi connectivity index (χ2v) is 2.35. The van der Waals surface area contributed by atoms with Crippen LogP contribution in [0.2, 0.25) is 0 Å². The molecule has 0 saturated heterocycles. The molecular weight excluding hydrogens is 148 g/mol. The van der Waals surface area contributed by atoms with Gasteiger partial charge in [-0.2, -0.15) is 0 Å². The van der Waals surface area contributed by atoms with Gasteiger partial charge in [-0.25, -0.2) is 0 Å². The molecule has 0 fully saturated rings. The molecule has 11 heavy (non-hydrogen) atoms. The van der Waals surface area contributed by atoms with E-state index in [1.165, 1.54) is 0 Å². The first-order valence-electron chi connectivity index (χ1n) is 3.39. The third-order valence-corrected chi connectivity index (χ3v) is 1.35. The standard InChI is InChI=1S/C6H14N2O3/c1-4(6(7)11)8-5(2-9)3-10/h4-5,8-10H,2-3H2,1H3,(H2,7,11). The fraction of sp³-hybridized carbons (Fsp3) is 0.833. The predicted octanol–water partition coefficient (Wildman–Crippen LogP) is -2.20. The van der Waals surface area contributed by atoms with Crippen LogP contribution >= 0.6 is 0 Å². The second kappa shape index (κ2) is 5.06. The summed E-state index contributed by atoms with van der Waals surface area (Å²) in [6.07, 6.45) is 0. The zero-order chi connectivity index (χ0) is 8.85. The first-order chi connectivity index (χ1) is 5.11. The van der Waals surface area contributed by atoms with Crippen molar-refractivity contribution in [2.24, 2.45) is 5.73 Å². The van der Waals surface area contributed by atoms with Crippen LogP contribution in [0.4, 0.5) is 0 Å². The summed E-state index contributed by atoms with van der Waals surface area (Å²) in [4.78, 5) is 10.5. The maximum atomic E-state index is 10.5. The van der Waals surface area contributed by atoms with Crippen molar-refractivity contribution in [2.75, 3.05) is 13.2 Å². The third kappa shape index (κ3) is 3.92. The van der Waals surface area contributed by atoms with Gasteiger partial charge in [0.1, 0.15) is 0 Å². The number of amides is 1. The maximum absolute atomic E-state index is 10.5. The molecule has 5 nitrogen and oxygen atoms in total. The van der Waals surface area contributed by atoms with Crippen molar-refractivity contribution in [3.8, 4) is 0 Å². The Kier molecular flexibility index (Phi) is 4.76. The third-order valence-electron chi connectivity index (χ3n) is 1.35. The van der Waals surface area contributed by atoms with E-state index in [9.17, 15) is 4.79 Å². The van der Waals surface area contributed by atoms with Crippen LogP contribution in [0.3, 0.4) is 0 Å². The summed E-state index contributed by atoms with van der Waals surface area (Å²) in [5.74, 6) is -0.503. The van der Waals surface area contributed by atoms with Crippen LogP contribution in [0.15, 0.2) is 0 Å². The number of rotatable bonds is 5. The molecule has 0 spiro atoms. The monoisotopic (exact) mass is 162 g/mol. The van der Waals surface area contributed by atoms with E-state index in [0.717, 1.165) is 0 Å². The van der Waals surface area contributed by atoms with Crippen molar-refractivity contribution in [1.82, 2.24) is 5.32 Å². The number of hydrogen-bond acceptors (Lipinski definition) is 4. The average Bonchev–Trinajstić information content (AvgIpc) is 1.99. The summed E-state index contributed by atoms with van der Waals surface area (Å²) in [7, 11) is 0. The van der Waals surface area contributed by atoms with Gasteiger partial charge < -0.3 is 15.9 Å². The van der Waals surface area contributed by atoms with Crippen molar-refractivity contribution in [1.29, 1.82) is 0 Å². The Morgan fingerprint density at radius 1 is 1.55 bits per heavy atom. The van der Waals surface area contributed by atoms with Gasteiger partial charge in [0, 0.05) is 0 Å². The van der Waals surface area contributed by atoms with Gasteiger partial charge >= 0.3 is 0 Å². The summed E-state index contributed by atoms with van der Waals surface area (Å²) in [6.45, 7) is 1.14. The average molecular weight is 162 g/mol. The molecular formula is C6H14N2O3. The molecule has 0 radical (unpaired) electrons. The smallest absolute Gasteiger partial charge is 0.234 e. The lowest BCUT2D eigenvalue weighted by molar-refractivity contribution is -0.119. The molecule has 5 heteroatoms. The molecule has 0 bridgehead atoms. The molecule has 5 N–H and O–H groups in total. The topological polar surface area (TPSA) is 95.6 Å². The Morgan fingerprint density at radius 2 is 2.00 bits per heavy atom. The number of nitrogens with one attached hydrogen (secondary N) is 1. The normalized spacial score (nSPS) is 13.5. The van der Waals surface area contributed by atoms with Crippen molar-refractivity contribution in [2.45, 2.75) is 19.0 Å². The van der Waals surface area contributed by atoms with Crippen LogP contribution in [0, 0.1) is 0 Å². The minimum absolute atomic E-state index is 0.214. The van der Waals surface area contributed by atoms with Crippen LogP contribution in [0.25, 0.3) is 0 Å². The van der Waals surface area contributed by atoms with Crippen molar-refractivity contribution >= 4 is 5.91 Å². The van der Waals surface area contributed by atoms with E-state index in [2.05, 4.69) is 5.32 Å². The molecule has 0 aromatic rings. The number of carbonyl (C=O) groups is 1. The van der Waals surface area contributed by atoms with E-state index in [4.69, 9.17) is 15.9 Å². The molecule has 0 saturated carbocycles. The van der Waals surface area contributed by atoms with Gasteiger partial charge in [-0.05, 0) is 6.92 Å². The second-order valence-electron chi connectivity index (χ2n) is 2.35. The van der Waals surface area contributed by atoms with Crippen LogP contribution in [0.5, 0.6) is 0 Å². The van der Waals surface area contributed by atoms with E-state index in [1.807, 2.05) is 0 Å². The highest BCUT2D eigenvalue weighted by molar-refractivity contribution is 5.79. The Morgan fingerprint density at radius 3 is 2.27 bits per heavy atom. The van der Waals surface area contributed by atoms with Crippen molar-refractivity contribution in [3.63, 3.8) is 0 Å². The Labute approximate surface area is 65.2 Å². The number of carbonyl (C=O) groups excluding carboxylic acids is 1. The van der Waals surface area contributed by atoms with Crippen LogP contribution in [0.1, 0.15) is 6.92 Å². The molecule has 1 atom stereocenters. The fourth-order valence-corrected chi connectivity index (χ4v) is 0.599. The highest BCUT2D eigenvalue weighted by Crippen LogP contribution is 1.85. The number of aliphatic hydroxyl groups is 2.